The van der Waals surface area contributed by atoms with Gasteiger partial charge in [0.1, 0.15) is 0 Å². The number of carbonyl (C=O) groups is 1. The SMILES string of the molecule is Cc1cnc(SCC(=O)c2c(C)cc(C)cc2C)nc1. The van der Waals surface area contributed by atoms with Crippen LogP contribution in [0.2, 0.25) is 0 Å². The Labute approximate surface area is 123 Å². The molecule has 2 aromatic rings. The molecule has 0 N–H and O–H groups in total. The maximum absolute atomic E-state index is 12.4. The number of aromatic nitrogens is 2. The number of benzene rings is 1. The van der Waals surface area contributed by atoms with Crippen LogP contribution in [-0.4, -0.2) is 21.5 Å². The summed E-state index contributed by atoms with van der Waals surface area (Å²) in [5.74, 6) is 0.502. The summed E-state index contributed by atoms with van der Waals surface area (Å²) in [7, 11) is 0. The first-order valence-corrected chi connectivity index (χ1v) is 7.48. The number of ketones is 1. The molecule has 0 aliphatic rings. The Bertz CT molecular complexity index is 612. The molecular formula is C16H18N2OS. The summed E-state index contributed by atoms with van der Waals surface area (Å²) in [6.45, 7) is 7.96. The molecule has 104 valence electrons. The highest BCUT2D eigenvalue weighted by atomic mass is 32.2. The van der Waals surface area contributed by atoms with Gasteiger partial charge in [-0.05, 0) is 44.4 Å². The van der Waals surface area contributed by atoms with Crippen LogP contribution in [0.25, 0.3) is 0 Å². The minimum atomic E-state index is 0.133. The molecule has 1 heterocycles. The number of hydrogen-bond donors (Lipinski definition) is 0. The van der Waals surface area contributed by atoms with Crippen molar-refractivity contribution in [2.24, 2.45) is 0 Å². The summed E-state index contributed by atoms with van der Waals surface area (Å²) < 4.78 is 0. The minimum Gasteiger partial charge on any atom is -0.293 e. The first kappa shape index (κ1) is 14.7. The molecule has 3 nitrogen and oxygen atoms in total. The molecule has 0 aliphatic heterocycles. The van der Waals surface area contributed by atoms with E-state index in [4.69, 9.17) is 0 Å². The van der Waals surface area contributed by atoms with Crippen molar-refractivity contribution in [2.45, 2.75) is 32.9 Å². The van der Waals surface area contributed by atoms with Gasteiger partial charge in [-0.25, -0.2) is 9.97 Å². The van der Waals surface area contributed by atoms with Gasteiger partial charge in [0.2, 0.25) is 0 Å². The predicted octanol–water partition coefficient (Wildman–Crippen LogP) is 3.69. The van der Waals surface area contributed by atoms with E-state index in [1.807, 2.05) is 39.8 Å². The fourth-order valence-corrected chi connectivity index (χ4v) is 2.94. The largest absolute Gasteiger partial charge is 0.293 e. The van der Waals surface area contributed by atoms with Crippen molar-refractivity contribution in [2.75, 3.05) is 5.75 Å². The van der Waals surface area contributed by atoms with Crippen LogP contribution >= 0.6 is 11.8 Å². The maximum Gasteiger partial charge on any atom is 0.187 e. The van der Waals surface area contributed by atoms with E-state index < -0.39 is 0 Å². The molecular weight excluding hydrogens is 268 g/mol. The molecule has 1 aromatic heterocycles. The summed E-state index contributed by atoms with van der Waals surface area (Å²) in [4.78, 5) is 20.8. The summed E-state index contributed by atoms with van der Waals surface area (Å²) in [5, 5.41) is 0.645. The van der Waals surface area contributed by atoms with Crippen molar-refractivity contribution < 1.29 is 4.79 Å². The lowest BCUT2D eigenvalue weighted by Crippen LogP contribution is -2.08. The van der Waals surface area contributed by atoms with E-state index in [1.165, 1.54) is 17.3 Å². The van der Waals surface area contributed by atoms with Crippen LogP contribution < -0.4 is 0 Å². The number of carbonyl (C=O) groups excluding carboxylic acids is 1. The average molecular weight is 286 g/mol. The van der Waals surface area contributed by atoms with Gasteiger partial charge >= 0.3 is 0 Å². The smallest absolute Gasteiger partial charge is 0.187 e. The van der Waals surface area contributed by atoms with Gasteiger partial charge in [0.15, 0.2) is 10.9 Å². The maximum atomic E-state index is 12.4. The predicted molar refractivity (Wildman–Crippen MR) is 82.5 cm³/mol. The Morgan fingerprint density at radius 2 is 1.55 bits per heavy atom. The van der Waals surface area contributed by atoms with Gasteiger partial charge in [0.25, 0.3) is 0 Å². The number of aryl methyl sites for hydroxylation is 4. The van der Waals surface area contributed by atoms with Gasteiger partial charge in [-0.1, -0.05) is 29.5 Å². The van der Waals surface area contributed by atoms with E-state index in [2.05, 4.69) is 9.97 Å². The summed E-state index contributed by atoms with van der Waals surface area (Å²) in [6, 6.07) is 4.10. The molecule has 0 atom stereocenters. The number of rotatable bonds is 4. The summed E-state index contributed by atoms with van der Waals surface area (Å²) in [6.07, 6.45) is 3.53. The third-order valence-electron chi connectivity index (χ3n) is 3.05. The van der Waals surface area contributed by atoms with Crippen LogP contribution in [0.4, 0.5) is 0 Å². The first-order chi connectivity index (χ1) is 9.47. The standard InChI is InChI=1S/C16H18N2OS/c1-10-5-12(3)15(13(4)6-10)14(19)9-20-16-17-7-11(2)8-18-16/h5-8H,9H2,1-4H3. The third kappa shape index (κ3) is 3.45. The van der Waals surface area contributed by atoms with E-state index >= 15 is 0 Å². The van der Waals surface area contributed by atoms with E-state index in [0.29, 0.717) is 10.9 Å². The molecule has 0 fully saturated rings. The topological polar surface area (TPSA) is 42.9 Å². The van der Waals surface area contributed by atoms with Gasteiger partial charge in [-0.2, -0.15) is 0 Å². The molecule has 0 saturated heterocycles. The monoisotopic (exact) mass is 286 g/mol. The zero-order valence-electron chi connectivity index (χ0n) is 12.2. The van der Waals surface area contributed by atoms with Gasteiger partial charge in [-0.3, -0.25) is 4.79 Å². The lowest BCUT2D eigenvalue weighted by molar-refractivity contribution is 0.102. The second kappa shape index (κ2) is 6.18. The third-order valence-corrected chi connectivity index (χ3v) is 3.92. The van der Waals surface area contributed by atoms with Crippen molar-refractivity contribution in [3.63, 3.8) is 0 Å². The molecule has 0 aliphatic carbocycles. The van der Waals surface area contributed by atoms with E-state index in [-0.39, 0.29) is 5.78 Å². The number of Topliss-reactive ketones (excluding diaryl/α,β-unsaturated/α-hetero) is 1. The second-order valence-electron chi connectivity index (χ2n) is 5.03. The van der Waals surface area contributed by atoms with Crippen LogP contribution in [0.1, 0.15) is 32.6 Å². The van der Waals surface area contributed by atoms with E-state index in [1.54, 1.807) is 12.4 Å². The average Bonchev–Trinajstić information content (AvgIpc) is 2.37. The molecule has 0 unspecified atom stereocenters. The lowest BCUT2D eigenvalue weighted by Gasteiger charge is -2.09. The van der Waals surface area contributed by atoms with Crippen LogP contribution in [0.5, 0.6) is 0 Å². The Morgan fingerprint density at radius 1 is 1.00 bits per heavy atom. The normalized spacial score (nSPS) is 10.6. The molecule has 0 amide bonds. The van der Waals surface area contributed by atoms with Crippen LogP contribution in [0.3, 0.4) is 0 Å². The summed E-state index contributed by atoms with van der Waals surface area (Å²) in [5.41, 5.74) is 5.11. The zero-order valence-corrected chi connectivity index (χ0v) is 13.0. The molecule has 0 bridgehead atoms. The fraction of sp³-hybridized carbons (Fsp3) is 0.312. The first-order valence-electron chi connectivity index (χ1n) is 6.50. The van der Waals surface area contributed by atoms with E-state index in [0.717, 1.165) is 22.3 Å². The van der Waals surface area contributed by atoms with Crippen molar-refractivity contribution in [1.29, 1.82) is 0 Å². The van der Waals surface area contributed by atoms with Crippen molar-refractivity contribution >= 4 is 17.5 Å². The zero-order chi connectivity index (χ0) is 14.7. The van der Waals surface area contributed by atoms with Gasteiger partial charge in [0, 0.05) is 18.0 Å². The van der Waals surface area contributed by atoms with Crippen LogP contribution in [-0.2, 0) is 0 Å². The molecule has 1 aromatic carbocycles. The van der Waals surface area contributed by atoms with Crippen molar-refractivity contribution in [1.82, 2.24) is 9.97 Å². The van der Waals surface area contributed by atoms with Gasteiger partial charge < -0.3 is 0 Å². The van der Waals surface area contributed by atoms with Crippen molar-refractivity contribution in [3.05, 3.63) is 52.3 Å². The van der Waals surface area contributed by atoms with Crippen LogP contribution in [0, 0.1) is 27.7 Å². The Hall–Kier alpha value is -1.68. The summed E-state index contributed by atoms with van der Waals surface area (Å²) >= 11 is 1.38. The van der Waals surface area contributed by atoms with Gasteiger partial charge in [-0.15, -0.1) is 0 Å². The Balaban J connectivity index is 2.11. The Kier molecular flexibility index (Phi) is 4.55. The number of hydrogen-bond acceptors (Lipinski definition) is 4. The molecule has 0 saturated carbocycles. The highest BCUT2D eigenvalue weighted by Crippen LogP contribution is 2.20. The van der Waals surface area contributed by atoms with Crippen LogP contribution in [0.15, 0.2) is 29.7 Å². The molecule has 2 rings (SSSR count). The molecule has 0 radical (unpaired) electrons. The quantitative estimate of drug-likeness (QED) is 0.488. The lowest BCUT2D eigenvalue weighted by atomic mass is 9.97. The molecule has 4 heteroatoms. The molecule has 20 heavy (non-hydrogen) atoms. The molecule has 0 spiro atoms. The number of thioether (sulfide) groups is 1. The fourth-order valence-electron chi connectivity index (χ4n) is 2.28. The van der Waals surface area contributed by atoms with E-state index in [9.17, 15) is 4.79 Å². The highest BCUT2D eigenvalue weighted by Gasteiger charge is 2.13. The Morgan fingerprint density at radius 3 is 2.10 bits per heavy atom. The second-order valence-corrected chi connectivity index (χ2v) is 5.97. The highest BCUT2D eigenvalue weighted by molar-refractivity contribution is 7.99. The minimum absolute atomic E-state index is 0.133. The van der Waals surface area contributed by atoms with Gasteiger partial charge in [0.05, 0.1) is 5.75 Å². The van der Waals surface area contributed by atoms with Crippen molar-refractivity contribution in [3.8, 4) is 0 Å². The number of nitrogens with zero attached hydrogens (tertiary/aromatic N) is 2.